The Hall–Kier alpha value is -0.710. The Morgan fingerprint density at radius 2 is 2.19 bits per heavy atom. The predicted molar refractivity (Wildman–Crippen MR) is 69.0 cm³/mol. The average molecular weight is 282 g/mol. The van der Waals surface area contributed by atoms with E-state index in [9.17, 15) is 0 Å². The van der Waals surface area contributed by atoms with Crippen LogP contribution in [0.3, 0.4) is 0 Å². The molecule has 0 aliphatic heterocycles. The molecular weight excluding hydrogens is 266 g/mol. The van der Waals surface area contributed by atoms with E-state index >= 15 is 0 Å². The lowest BCUT2D eigenvalue weighted by Gasteiger charge is -2.21. The third-order valence-electron chi connectivity index (χ3n) is 2.81. The highest BCUT2D eigenvalue weighted by molar-refractivity contribution is 9.10. The molecule has 1 heterocycles. The van der Waals surface area contributed by atoms with Gasteiger partial charge in [-0.15, -0.1) is 0 Å². The standard InChI is InChI=1S/C12H16BrN3/c13-10-5-9(7-15-8-10)12(6-14)16-11-3-1-2-4-11/h1-2,5,7-8,11-12,16H,3-4,6,14H2. The third kappa shape index (κ3) is 2.90. The second kappa shape index (κ2) is 5.57. The van der Waals surface area contributed by atoms with Crippen LogP contribution in [-0.2, 0) is 0 Å². The monoisotopic (exact) mass is 281 g/mol. The summed E-state index contributed by atoms with van der Waals surface area (Å²) >= 11 is 3.43. The first kappa shape index (κ1) is 11.8. The van der Waals surface area contributed by atoms with Gasteiger partial charge in [0.25, 0.3) is 0 Å². The lowest BCUT2D eigenvalue weighted by Crippen LogP contribution is -2.35. The van der Waals surface area contributed by atoms with Crippen LogP contribution >= 0.6 is 15.9 Å². The van der Waals surface area contributed by atoms with Crippen molar-refractivity contribution in [1.82, 2.24) is 10.3 Å². The minimum absolute atomic E-state index is 0.190. The summed E-state index contributed by atoms with van der Waals surface area (Å²) in [5.41, 5.74) is 6.95. The van der Waals surface area contributed by atoms with Gasteiger partial charge in [0.1, 0.15) is 0 Å². The molecule has 0 fully saturated rings. The number of aromatic nitrogens is 1. The number of halogens is 1. The summed E-state index contributed by atoms with van der Waals surface area (Å²) in [4.78, 5) is 4.17. The number of hydrogen-bond donors (Lipinski definition) is 2. The smallest absolute Gasteiger partial charge is 0.0462 e. The van der Waals surface area contributed by atoms with Crippen LogP contribution in [0.4, 0.5) is 0 Å². The summed E-state index contributed by atoms with van der Waals surface area (Å²) in [6.45, 7) is 0.592. The molecule has 86 valence electrons. The van der Waals surface area contributed by atoms with Crippen molar-refractivity contribution in [1.29, 1.82) is 0 Å². The molecule has 3 nitrogen and oxygen atoms in total. The molecule has 3 N–H and O–H groups in total. The number of rotatable bonds is 4. The summed E-state index contributed by atoms with van der Waals surface area (Å²) in [6, 6.07) is 2.78. The number of hydrogen-bond acceptors (Lipinski definition) is 3. The molecule has 2 rings (SSSR count). The third-order valence-corrected chi connectivity index (χ3v) is 3.24. The zero-order valence-corrected chi connectivity index (χ0v) is 10.7. The molecule has 0 spiro atoms. The summed E-state index contributed by atoms with van der Waals surface area (Å²) in [5, 5.41) is 3.56. The molecule has 0 saturated carbocycles. The molecule has 1 unspecified atom stereocenters. The van der Waals surface area contributed by atoms with E-state index < -0.39 is 0 Å². The van der Waals surface area contributed by atoms with Crippen LogP contribution in [0.2, 0.25) is 0 Å². The maximum Gasteiger partial charge on any atom is 0.0462 e. The van der Waals surface area contributed by atoms with Gasteiger partial charge in [-0.3, -0.25) is 4.98 Å². The fraction of sp³-hybridized carbons (Fsp3) is 0.417. The van der Waals surface area contributed by atoms with E-state index in [0.717, 1.165) is 22.9 Å². The Morgan fingerprint density at radius 1 is 1.44 bits per heavy atom. The van der Waals surface area contributed by atoms with Gasteiger partial charge >= 0.3 is 0 Å². The normalized spacial score (nSPS) is 17.9. The molecule has 0 bridgehead atoms. The van der Waals surface area contributed by atoms with Crippen molar-refractivity contribution >= 4 is 15.9 Å². The molecule has 0 aromatic carbocycles. The van der Waals surface area contributed by atoms with Gasteiger partial charge in [-0.2, -0.15) is 0 Å². The van der Waals surface area contributed by atoms with Crippen LogP contribution in [0, 0.1) is 0 Å². The fourth-order valence-electron chi connectivity index (χ4n) is 1.96. The summed E-state index contributed by atoms with van der Waals surface area (Å²) in [5.74, 6) is 0. The molecule has 1 aliphatic carbocycles. The zero-order chi connectivity index (χ0) is 11.4. The highest BCUT2D eigenvalue weighted by Crippen LogP contribution is 2.19. The van der Waals surface area contributed by atoms with Gasteiger partial charge in [0.15, 0.2) is 0 Å². The molecule has 1 aromatic rings. The van der Waals surface area contributed by atoms with Gasteiger partial charge in [-0.1, -0.05) is 12.2 Å². The summed E-state index contributed by atoms with van der Waals surface area (Å²) in [6.07, 6.45) is 10.3. The zero-order valence-electron chi connectivity index (χ0n) is 9.07. The Morgan fingerprint density at radius 3 is 2.81 bits per heavy atom. The second-order valence-corrected chi connectivity index (χ2v) is 4.95. The van der Waals surface area contributed by atoms with Crippen molar-refractivity contribution in [3.05, 3.63) is 40.6 Å². The predicted octanol–water partition coefficient (Wildman–Crippen LogP) is 2.15. The molecule has 1 aromatic heterocycles. The Kier molecular flexibility index (Phi) is 4.09. The summed E-state index contributed by atoms with van der Waals surface area (Å²) in [7, 11) is 0. The number of pyridine rings is 1. The van der Waals surface area contributed by atoms with Crippen LogP contribution in [0.15, 0.2) is 35.1 Å². The molecule has 4 heteroatoms. The van der Waals surface area contributed by atoms with Crippen LogP contribution in [0.5, 0.6) is 0 Å². The van der Waals surface area contributed by atoms with Crippen LogP contribution < -0.4 is 11.1 Å². The number of nitrogens with one attached hydrogen (secondary N) is 1. The van der Waals surface area contributed by atoms with Gasteiger partial charge in [0.2, 0.25) is 0 Å². The van der Waals surface area contributed by atoms with Crippen molar-refractivity contribution in [2.75, 3.05) is 6.54 Å². The molecule has 0 saturated heterocycles. The second-order valence-electron chi connectivity index (χ2n) is 4.03. The van der Waals surface area contributed by atoms with Gasteiger partial charge in [-0.25, -0.2) is 0 Å². The number of nitrogens with zero attached hydrogens (tertiary/aromatic N) is 1. The van der Waals surface area contributed by atoms with Gasteiger partial charge in [0.05, 0.1) is 0 Å². The lowest BCUT2D eigenvalue weighted by molar-refractivity contribution is 0.452. The van der Waals surface area contributed by atoms with E-state index in [-0.39, 0.29) is 6.04 Å². The van der Waals surface area contributed by atoms with Crippen molar-refractivity contribution in [2.45, 2.75) is 24.9 Å². The quantitative estimate of drug-likeness (QED) is 0.832. The molecule has 0 radical (unpaired) electrons. The highest BCUT2D eigenvalue weighted by Gasteiger charge is 2.16. The topological polar surface area (TPSA) is 50.9 Å². The minimum atomic E-state index is 0.190. The average Bonchev–Trinajstić information content (AvgIpc) is 2.78. The maximum atomic E-state index is 5.81. The first-order chi connectivity index (χ1) is 7.79. The minimum Gasteiger partial charge on any atom is -0.329 e. The fourth-order valence-corrected chi connectivity index (χ4v) is 2.34. The van der Waals surface area contributed by atoms with Crippen molar-refractivity contribution in [2.24, 2.45) is 5.73 Å². The van der Waals surface area contributed by atoms with Crippen LogP contribution in [0.25, 0.3) is 0 Å². The van der Waals surface area contributed by atoms with Crippen molar-refractivity contribution in [3.8, 4) is 0 Å². The van der Waals surface area contributed by atoms with Gasteiger partial charge < -0.3 is 11.1 Å². The molecule has 1 atom stereocenters. The number of nitrogens with two attached hydrogens (primary N) is 1. The van der Waals surface area contributed by atoms with Crippen LogP contribution in [0.1, 0.15) is 24.4 Å². The summed E-state index contributed by atoms with van der Waals surface area (Å²) < 4.78 is 0.995. The highest BCUT2D eigenvalue weighted by atomic mass is 79.9. The Bertz CT molecular complexity index is 370. The van der Waals surface area contributed by atoms with Crippen LogP contribution in [-0.4, -0.2) is 17.6 Å². The molecule has 1 aliphatic rings. The first-order valence-corrected chi connectivity index (χ1v) is 6.30. The Labute approximate surface area is 104 Å². The maximum absolute atomic E-state index is 5.81. The van der Waals surface area contributed by atoms with E-state index in [1.165, 1.54) is 0 Å². The van der Waals surface area contributed by atoms with E-state index in [4.69, 9.17) is 5.73 Å². The van der Waals surface area contributed by atoms with E-state index in [1.807, 2.05) is 6.20 Å². The van der Waals surface area contributed by atoms with E-state index in [1.54, 1.807) is 6.20 Å². The SMILES string of the molecule is NCC(NC1CC=CC1)c1cncc(Br)c1. The Balaban J connectivity index is 2.04. The molecule has 16 heavy (non-hydrogen) atoms. The van der Waals surface area contributed by atoms with Gasteiger partial charge in [0, 0.05) is 35.5 Å². The van der Waals surface area contributed by atoms with E-state index in [2.05, 4.69) is 44.4 Å². The van der Waals surface area contributed by atoms with Crippen molar-refractivity contribution < 1.29 is 0 Å². The first-order valence-electron chi connectivity index (χ1n) is 5.51. The van der Waals surface area contributed by atoms with Crippen molar-refractivity contribution in [3.63, 3.8) is 0 Å². The lowest BCUT2D eigenvalue weighted by atomic mass is 10.1. The molecular formula is C12H16BrN3. The van der Waals surface area contributed by atoms with Gasteiger partial charge in [-0.05, 0) is 40.4 Å². The molecule has 0 amide bonds. The van der Waals surface area contributed by atoms with E-state index in [0.29, 0.717) is 12.6 Å². The largest absolute Gasteiger partial charge is 0.329 e.